The maximum absolute atomic E-state index is 5.09. The first-order chi connectivity index (χ1) is 4.50. The van der Waals surface area contributed by atoms with Gasteiger partial charge in [0.25, 0.3) is 0 Å². The summed E-state index contributed by atoms with van der Waals surface area (Å²) < 4.78 is 5.89. The third-order valence-electron chi connectivity index (χ3n) is 1.22. The van der Waals surface area contributed by atoms with Crippen molar-refractivity contribution in [3.63, 3.8) is 0 Å². The number of nitrogens with zero attached hydrogens (tertiary/aromatic N) is 1. The van der Waals surface area contributed by atoms with Crippen LogP contribution in [0.1, 0.15) is 0 Å². The van der Waals surface area contributed by atoms with E-state index in [4.69, 9.17) is 4.52 Å². The summed E-state index contributed by atoms with van der Waals surface area (Å²) in [5.41, 5.74) is 0. The molecule has 56 valence electrons. The Kier molecular flexibility index (Phi) is 2.01. The molecular weight excluding hydrogens is 210 g/mol. The van der Waals surface area contributed by atoms with Gasteiger partial charge in [-0.25, -0.2) is 0 Å². The molecule has 0 saturated carbocycles. The van der Waals surface area contributed by atoms with Crippen LogP contribution in [0, 0.1) is 0 Å². The minimum Gasteiger partial charge on any atom is -0.366 e. The smallest absolute Gasteiger partial charge is 0.148 e. The maximum atomic E-state index is 5.09. The number of hydrogen-bond acceptors (Lipinski definition) is 2. The van der Waals surface area contributed by atoms with Crippen LogP contribution in [0.2, 0.25) is 19.6 Å². The summed E-state index contributed by atoms with van der Waals surface area (Å²) in [6.07, 6.45) is 0. The first-order valence-electron chi connectivity index (χ1n) is 3.13. The molecule has 1 heterocycles. The van der Waals surface area contributed by atoms with E-state index < -0.39 is 8.07 Å². The van der Waals surface area contributed by atoms with Crippen LogP contribution in [-0.2, 0) is 0 Å². The molecule has 1 aromatic rings. The number of halogens is 1. The molecule has 0 N–H and O–H groups in total. The molecule has 0 aliphatic heterocycles. The van der Waals surface area contributed by atoms with Crippen LogP contribution >= 0.6 is 15.9 Å². The molecule has 0 amide bonds. The van der Waals surface area contributed by atoms with Gasteiger partial charge in [-0.3, -0.25) is 0 Å². The molecule has 4 heteroatoms. The summed E-state index contributed by atoms with van der Waals surface area (Å²) in [6.45, 7) is 6.67. The van der Waals surface area contributed by atoms with Crippen molar-refractivity contribution < 1.29 is 4.52 Å². The molecule has 0 saturated heterocycles. The van der Waals surface area contributed by atoms with E-state index in [-0.39, 0.29) is 0 Å². The Bertz CT molecular complexity index is 228. The van der Waals surface area contributed by atoms with E-state index in [2.05, 4.69) is 40.7 Å². The molecule has 0 spiro atoms. The van der Waals surface area contributed by atoms with E-state index >= 15 is 0 Å². The molecule has 0 unspecified atom stereocenters. The third-order valence-corrected chi connectivity index (χ3v) is 3.31. The Hall–Kier alpha value is -0.0931. The fraction of sp³-hybridized carbons (Fsp3) is 0.500. The molecule has 0 fully saturated rings. The van der Waals surface area contributed by atoms with Crippen molar-refractivity contribution in [2.24, 2.45) is 0 Å². The molecule has 0 aliphatic carbocycles. The second-order valence-electron chi connectivity index (χ2n) is 3.26. The molecule has 0 aromatic carbocycles. The Morgan fingerprint density at radius 3 is 2.30 bits per heavy atom. The zero-order chi connectivity index (χ0) is 7.78. The third kappa shape index (κ3) is 1.70. The van der Waals surface area contributed by atoms with E-state index in [9.17, 15) is 0 Å². The fourth-order valence-corrected chi connectivity index (χ4v) is 1.99. The fourth-order valence-electron chi connectivity index (χ4n) is 0.607. The number of rotatable bonds is 1. The summed E-state index contributed by atoms with van der Waals surface area (Å²) in [5.74, 6) is 0. The molecule has 0 radical (unpaired) electrons. The topological polar surface area (TPSA) is 26.0 Å². The summed E-state index contributed by atoms with van der Waals surface area (Å²) in [4.78, 5) is 0. The molecule has 0 aliphatic rings. The molecule has 1 aromatic heterocycles. The minimum atomic E-state index is -1.27. The monoisotopic (exact) mass is 219 g/mol. The average molecular weight is 220 g/mol. The lowest BCUT2D eigenvalue weighted by molar-refractivity contribution is 0.438. The van der Waals surface area contributed by atoms with Gasteiger partial charge in [0.15, 0.2) is 0 Å². The Labute approximate surface area is 69.7 Å². The highest BCUT2D eigenvalue weighted by atomic mass is 79.9. The van der Waals surface area contributed by atoms with Gasteiger partial charge in [-0.1, -0.05) is 24.8 Å². The standard InChI is InChI=1S/C6H10BrNOSi/c1-10(2,3)6-4-5(7)8-9-6/h4H,1-3H3. The molecular formula is C6H10BrNOSi. The van der Waals surface area contributed by atoms with Gasteiger partial charge < -0.3 is 4.52 Å². The summed E-state index contributed by atoms with van der Waals surface area (Å²) in [5, 5.41) is 4.80. The van der Waals surface area contributed by atoms with Crippen molar-refractivity contribution >= 4 is 29.4 Å². The molecule has 2 nitrogen and oxygen atoms in total. The molecule has 10 heavy (non-hydrogen) atoms. The second kappa shape index (κ2) is 2.51. The van der Waals surface area contributed by atoms with Crippen LogP contribution < -0.4 is 5.38 Å². The maximum Gasteiger partial charge on any atom is 0.148 e. The van der Waals surface area contributed by atoms with Crippen LogP contribution in [0.15, 0.2) is 15.2 Å². The first kappa shape index (κ1) is 8.01. The lowest BCUT2D eigenvalue weighted by Crippen LogP contribution is -2.36. The van der Waals surface area contributed by atoms with E-state index in [0.29, 0.717) is 0 Å². The summed E-state index contributed by atoms with van der Waals surface area (Å²) >= 11 is 3.24. The normalized spacial score (nSPS) is 12.0. The van der Waals surface area contributed by atoms with Crippen LogP contribution in [0.5, 0.6) is 0 Å². The lowest BCUT2D eigenvalue weighted by Gasteiger charge is -2.08. The Morgan fingerprint density at radius 2 is 2.10 bits per heavy atom. The van der Waals surface area contributed by atoms with E-state index in [1.165, 1.54) is 0 Å². The van der Waals surface area contributed by atoms with Gasteiger partial charge in [0.2, 0.25) is 0 Å². The summed E-state index contributed by atoms with van der Waals surface area (Å²) in [6, 6.07) is 1.95. The van der Waals surface area contributed by atoms with Gasteiger partial charge in [-0.2, -0.15) is 0 Å². The zero-order valence-electron chi connectivity index (χ0n) is 6.31. The lowest BCUT2D eigenvalue weighted by atomic mass is 10.8. The van der Waals surface area contributed by atoms with Crippen molar-refractivity contribution in [2.45, 2.75) is 19.6 Å². The van der Waals surface area contributed by atoms with Crippen LogP contribution in [0.3, 0.4) is 0 Å². The molecule has 0 atom stereocenters. The predicted octanol–water partition coefficient (Wildman–Crippen LogP) is 1.98. The van der Waals surface area contributed by atoms with Gasteiger partial charge in [0.1, 0.15) is 18.1 Å². The van der Waals surface area contributed by atoms with Gasteiger partial charge in [0.05, 0.1) is 0 Å². The Balaban J connectivity index is 2.96. The van der Waals surface area contributed by atoms with Crippen molar-refractivity contribution in [2.75, 3.05) is 0 Å². The van der Waals surface area contributed by atoms with Crippen LogP contribution in [-0.4, -0.2) is 13.2 Å². The number of hydrogen-bond donors (Lipinski definition) is 0. The predicted molar refractivity (Wildman–Crippen MR) is 47.2 cm³/mol. The molecule has 0 bridgehead atoms. The van der Waals surface area contributed by atoms with Crippen molar-refractivity contribution in [1.82, 2.24) is 5.16 Å². The van der Waals surface area contributed by atoms with Gasteiger partial charge in [0, 0.05) is 6.07 Å². The molecule has 1 rings (SSSR count). The van der Waals surface area contributed by atoms with Gasteiger partial charge >= 0.3 is 0 Å². The highest BCUT2D eigenvalue weighted by Gasteiger charge is 2.21. The van der Waals surface area contributed by atoms with Crippen LogP contribution in [0.4, 0.5) is 0 Å². The van der Waals surface area contributed by atoms with E-state index in [1.54, 1.807) is 0 Å². The minimum absolute atomic E-state index is 0.796. The highest BCUT2D eigenvalue weighted by Crippen LogP contribution is 2.07. The second-order valence-corrected chi connectivity index (χ2v) is 9.07. The first-order valence-corrected chi connectivity index (χ1v) is 7.42. The van der Waals surface area contributed by atoms with E-state index in [0.717, 1.165) is 9.99 Å². The largest absolute Gasteiger partial charge is 0.366 e. The van der Waals surface area contributed by atoms with Crippen molar-refractivity contribution in [3.8, 4) is 0 Å². The zero-order valence-corrected chi connectivity index (χ0v) is 8.90. The average Bonchev–Trinajstić information content (AvgIpc) is 2.11. The number of aromatic nitrogens is 1. The van der Waals surface area contributed by atoms with Crippen LogP contribution in [0.25, 0.3) is 0 Å². The van der Waals surface area contributed by atoms with E-state index in [1.807, 2.05) is 6.07 Å². The van der Waals surface area contributed by atoms with Gasteiger partial charge in [-0.15, -0.1) is 0 Å². The quantitative estimate of drug-likeness (QED) is 0.676. The van der Waals surface area contributed by atoms with Crippen molar-refractivity contribution in [3.05, 3.63) is 10.7 Å². The van der Waals surface area contributed by atoms with Crippen molar-refractivity contribution in [1.29, 1.82) is 0 Å². The SMILES string of the molecule is C[Si](C)(C)c1cc(Br)no1. The van der Waals surface area contributed by atoms with Gasteiger partial charge in [-0.05, 0) is 15.9 Å². The Morgan fingerprint density at radius 1 is 1.50 bits per heavy atom. The highest BCUT2D eigenvalue weighted by molar-refractivity contribution is 9.10. The summed E-state index contributed by atoms with van der Waals surface area (Å²) in [7, 11) is -1.27.